The van der Waals surface area contributed by atoms with Gasteiger partial charge in [-0.05, 0) is 56.8 Å². The molecule has 0 bridgehead atoms. The molecule has 1 heterocycles. The van der Waals surface area contributed by atoms with Gasteiger partial charge in [0.15, 0.2) is 0 Å². The summed E-state index contributed by atoms with van der Waals surface area (Å²) < 4.78 is 12.5. The number of hydrogen-bond acceptors (Lipinski definition) is 3. The van der Waals surface area contributed by atoms with Crippen molar-refractivity contribution in [2.45, 2.75) is 51.7 Å². The molecule has 21 heavy (non-hydrogen) atoms. The summed E-state index contributed by atoms with van der Waals surface area (Å²) in [5, 5.41) is 3.65. The van der Waals surface area contributed by atoms with Gasteiger partial charge in [-0.15, -0.1) is 0 Å². The van der Waals surface area contributed by atoms with Gasteiger partial charge in [0.05, 0.1) is 12.7 Å². The molecule has 1 N–H and O–H groups in total. The van der Waals surface area contributed by atoms with Crippen LogP contribution in [0.1, 0.15) is 51.1 Å². The topological polar surface area (TPSA) is 30.5 Å². The average molecular weight is 356 g/mol. The molecule has 0 saturated carbocycles. The van der Waals surface area contributed by atoms with Gasteiger partial charge in [0.1, 0.15) is 5.75 Å². The second kappa shape index (κ2) is 8.76. The molecule has 0 aromatic heterocycles. The Hall–Kier alpha value is -0.580. The third-order valence-corrected chi connectivity index (χ3v) is 4.51. The molecular formula is C17H26BrNO2. The molecule has 2 unspecified atom stereocenters. The molecule has 1 saturated heterocycles. The zero-order chi connectivity index (χ0) is 15.1. The molecule has 118 valence electrons. The van der Waals surface area contributed by atoms with E-state index in [-0.39, 0.29) is 0 Å². The number of rotatable bonds is 8. The van der Waals surface area contributed by atoms with Gasteiger partial charge in [0.2, 0.25) is 0 Å². The molecule has 0 amide bonds. The van der Waals surface area contributed by atoms with Gasteiger partial charge >= 0.3 is 0 Å². The molecule has 2 atom stereocenters. The van der Waals surface area contributed by atoms with Crippen LogP contribution < -0.4 is 10.1 Å². The highest BCUT2D eigenvalue weighted by molar-refractivity contribution is 9.10. The lowest BCUT2D eigenvalue weighted by Crippen LogP contribution is -2.26. The Morgan fingerprint density at radius 3 is 2.90 bits per heavy atom. The average Bonchev–Trinajstić information content (AvgIpc) is 2.97. The summed E-state index contributed by atoms with van der Waals surface area (Å²) in [6.07, 6.45) is 4.93. The number of ether oxygens (including phenoxy) is 2. The number of nitrogens with one attached hydrogen (secondary N) is 1. The second-order valence-corrected chi connectivity index (χ2v) is 6.35. The van der Waals surface area contributed by atoms with Gasteiger partial charge < -0.3 is 14.8 Å². The lowest BCUT2D eigenvalue weighted by molar-refractivity contribution is 0.0945. The minimum atomic E-state index is 0.332. The third kappa shape index (κ3) is 4.97. The van der Waals surface area contributed by atoms with E-state index >= 15 is 0 Å². The Balaban J connectivity index is 2.10. The molecule has 1 fully saturated rings. The molecule has 2 rings (SSSR count). The van der Waals surface area contributed by atoms with E-state index in [1.807, 2.05) is 6.92 Å². The first-order chi connectivity index (χ1) is 10.2. The van der Waals surface area contributed by atoms with Crippen LogP contribution in [0.15, 0.2) is 22.7 Å². The highest BCUT2D eigenvalue weighted by Gasteiger charge is 2.23. The SMILES string of the molecule is CCCNC(CC1CCCO1)c1ccc(OCC)cc1Br. The summed E-state index contributed by atoms with van der Waals surface area (Å²) in [4.78, 5) is 0. The van der Waals surface area contributed by atoms with Crippen LogP contribution in [0.2, 0.25) is 0 Å². The lowest BCUT2D eigenvalue weighted by atomic mass is 9.99. The van der Waals surface area contributed by atoms with Crippen LogP contribution in [-0.2, 0) is 4.74 Å². The number of benzene rings is 1. The summed E-state index contributed by atoms with van der Waals surface area (Å²) in [5.41, 5.74) is 1.29. The molecule has 1 aliphatic rings. The summed E-state index contributed by atoms with van der Waals surface area (Å²) in [6, 6.07) is 6.62. The Bertz CT molecular complexity index is 433. The second-order valence-electron chi connectivity index (χ2n) is 5.49. The number of hydrogen-bond donors (Lipinski definition) is 1. The van der Waals surface area contributed by atoms with Gasteiger partial charge in [0.25, 0.3) is 0 Å². The molecular weight excluding hydrogens is 330 g/mol. The smallest absolute Gasteiger partial charge is 0.120 e. The standard InChI is InChI=1S/C17H26BrNO2/c1-3-9-19-17(12-13-6-5-10-21-13)15-8-7-14(20-4-2)11-16(15)18/h7-8,11,13,17,19H,3-6,9-10,12H2,1-2H3. The van der Waals surface area contributed by atoms with Gasteiger partial charge in [0, 0.05) is 17.1 Å². The maximum atomic E-state index is 5.81. The molecule has 1 aromatic rings. The normalized spacial score (nSPS) is 19.7. The van der Waals surface area contributed by atoms with Crippen molar-refractivity contribution < 1.29 is 9.47 Å². The van der Waals surface area contributed by atoms with Crippen LogP contribution in [0.25, 0.3) is 0 Å². The molecule has 0 spiro atoms. The zero-order valence-electron chi connectivity index (χ0n) is 13.0. The van der Waals surface area contributed by atoms with Crippen molar-refractivity contribution >= 4 is 15.9 Å². The van der Waals surface area contributed by atoms with Crippen LogP contribution in [0, 0.1) is 0 Å². The van der Waals surface area contributed by atoms with Gasteiger partial charge in [-0.25, -0.2) is 0 Å². The molecule has 4 heteroatoms. The van der Waals surface area contributed by atoms with E-state index < -0.39 is 0 Å². The van der Waals surface area contributed by atoms with E-state index in [4.69, 9.17) is 9.47 Å². The van der Waals surface area contributed by atoms with Crippen LogP contribution >= 0.6 is 15.9 Å². The van der Waals surface area contributed by atoms with E-state index in [0.717, 1.165) is 36.2 Å². The van der Waals surface area contributed by atoms with Crippen LogP contribution in [0.3, 0.4) is 0 Å². The first kappa shape index (κ1) is 16.8. The van der Waals surface area contributed by atoms with Crippen molar-refractivity contribution in [1.29, 1.82) is 0 Å². The van der Waals surface area contributed by atoms with Crippen molar-refractivity contribution in [3.8, 4) is 5.75 Å². The van der Waals surface area contributed by atoms with Crippen molar-refractivity contribution in [2.75, 3.05) is 19.8 Å². The van der Waals surface area contributed by atoms with E-state index in [0.29, 0.717) is 18.8 Å². The van der Waals surface area contributed by atoms with E-state index in [1.165, 1.54) is 18.4 Å². The minimum absolute atomic E-state index is 0.332. The first-order valence-electron chi connectivity index (χ1n) is 8.01. The van der Waals surface area contributed by atoms with E-state index in [2.05, 4.69) is 46.4 Å². The van der Waals surface area contributed by atoms with Crippen LogP contribution in [0.5, 0.6) is 5.75 Å². The summed E-state index contributed by atoms with van der Waals surface area (Å²) in [7, 11) is 0. The molecule has 0 radical (unpaired) electrons. The van der Waals surface area contributed by atoms with Gasteiger partial charge in [-0.1, -0.05) is 28.9 Å². The Morgan fingerprint density at radius 1 is 1.43 bits per heavy atom. The fourth-order valence-electron chi connectivity index (χ4n) is 2.78. The molecule has 3 nitrogen and oxygen atoms in total. The van der Waals surface area contributed by atoms with Crippen molar-refractivity contribution in [3.63, 3.8) is 0 Å². The zero-order valence-corrected chi connectivity index (χ0v) is 14.6. The molecule has 1 aromatic carbocycles. The summed E-state index contributed by atoms with van der Waals surface area (Å²) in [6.45, 7) is 6.83. The van der Waals surface area contributed by atoms with Gasteiger partial charge in [-0.2, -0.15) is 0 Å². The number of halogens is 1. The largest absolute Gasteiger partial charge is 0.494 e. The third-order valence-electron chi connectivity index (χ3n) is 3.82. The summed E-state index contributed by atoms with van der Waals surface area (Å²) >= 11 is 3.70. The first-order valence-corrected chi connectivity index (χ1v) is 8.81. The van der Waals surface area contributed by atoms with E-state index in [1.54, 1.807) is 0 Å². The lowest BCUT2D eigenvalue weighted by Gasteiger charge is -2.23. The van der Waals surface area contributed by atoms with Crippen LogP contribution in [-0.4, -0.2) is 25.9 Å². The predicted molar refractivity (Wildman–Crippen MR) is 89.9 cm³/mol. The highest BCUT2D eigenvalue weighted by atomic mass is 79.9. The monoisotopic (exact) mass is 355 g/mol. The predicted octanol–water partition coefficient (Wildman–Crippen LogP) is 4.46. The molecule has 1 aliphatic heterocycles. The quantitative estimate of drug-likeness (QED) is 0.746. The van der Waals surface area contributed by atoms with Crippen molar-refractivity contribution in [2.24, 2.45) is 0 Å². The Morgan fingerprint density at radius 2 is 2.29 bits per heavy atom. The maximum Gasteiger partial charge on any atom is 0.120 e. The fourth-order valence-corrected chi connectivity index (χ4v) is 3.41. The van der Waals surface area contributed by atoms with Crippen molar-refractivity contribution in [1.82, 2.24) is 5.32 Å². The molecule has 0 aliphatic carbocycles. The van der Waals surface area contributed by atoms with Crippen LogP contribution in [0.4, 0.5) is 0 Å². The maximum absolute atomic E-state index is 5.81. The van der Waals surface area contributed by atoms with Crippen molar-refractivity contribution in [3.05, 3.63) is 28.2 Å². The summed E-state index contributed by atoms with van der Waals surface area (Å²) in [5.74, 6) is 0.916. The Labute approximate surface area is 136 Å². The Kier molecular flexibility index (Phi) is 7.00. The highest BCUT2D eigenvalue weighted by Crippen LogP contribution is 2.32. The fraction of sp³-hybridized carbons (Fsp3) is 0.647. The van der Waals surface area contributed by atoms with Gasteiger partial charge in [-0.3, -0.25) is 0 Å². The van der Waals surface area contributed by atoms with E-state index in [9.17, 15) is 0 Å². The minimum Gasteiger partial charge on any atom is -0.494 e.